The molecule has 0 saturated carbocycles. The Morgan fingerprint density at radius 3 is 1.48 bits per heavy atom. The SMILES string of the molecule is c1cc(-c2ccccc2N(c2ccc(-c3ccc4c5ccccc5c5ccccc5c4c3)cc2)c2ccc(-c3cccc4oc5ccccc5c34)cc2)cc(-c2cccc3ccccc23)c1. The van der Waals surface area contributed by atoms with E-state index in [9.17, 15) is 0 Å². The molecule has 0 N–H and O–H groups in total. The summed E-state index contributed by atoms with van der Waals surface area (Å²) >= 11 is 0. The van der Waals surface area contributed by atoms with Crippen LogP contribution in [0.5, 0.6) is 0 Å². The molecule has 1 aromatic heterocycles. The van der Waals surface area contributed by atoms with Crippen molar-refractivity contribution in [3.63, 3.8) is 0 Å². The summed E-state index contributed by atoms with van der Waals surface area (Å²) in [4.78, 5) is 2.40. The molecule has 12 aromatic carbocycles. The minimum atomic E-state index is 0.895. The van der Waals surface area contributed by atoms with Gasteiger partial charge in [0.15, 0.2) is 0 Å². The van der Waals surface area contributed by atoms with Gasteiger partial charge in [0.1, 0.15) is 11.2 Å². The van der Waals surface area contributed by atoms with Crippen LogP contribution in [0.1, 0.15) is 0 Å². The van der Waals surface area contributed by atoms with Gasteiger partial charge in [-0.3, -0.25) is 0 Å². The summed E-state index contributed by atoms with van der Waals surface area (Å²) in [5, 5.41) is 12.4. The normalized spacial score (nSPS) is 11.6. The second-order valence-electron chi connectivity index (χ2n) is 17.2. The maximum absolute atomic E-state index is 6.30. The highest BCUT2D eigenvalue weighted by Gasteiger charge is 2.20. The first-order chi connectivity index (χ1) is 32.7. The fraction of sp³-hybridized carbons (Fsp3) is 0. The second-order valence-corrected chi connectivity index (χ2v) is 17.2. The number of fused-ring (bicyclic) bond motifs is 10. The molecular formula is C64H41NO. The molecule has 2 nitrogen and oxygen atoms in total. The predicted octanol–water partition coefficient (Wildman–Crippen LogP) is 18.3. The van der Waals surface area contributed by atoms with E-state index in [1.807, 2.05) is 12.1 Å². The molecule has 0 spiro atoms. The Morgan fingerprint density at radius 1 is 0.258 bits per heavy atom. The molecular weight excluding hydrogens is 799 g/mol. The summed E-state index contributed by atoms with van der Waals surface area (Å²) in [6.45, 7) is 0. The van der Waals surface area contributed by atoms with Crippen molar-refractivity contribution in [3.8, 4) is 44.5 Å². The van der Waals surface area contributed by atoms with Gasteiger partial charge < -0.3 is 9.32 Å². The summed E-state index contributed by atoms with van der Waals surface area (Å²) in [6.07, 6.45) is 0. The van der Waals surface area contributed by atoms with Crippen LogP contribution < -0.4 is 4.90 Å². The molecule has 0 aliphatic rings. The molecule has 0 unspecified atom stereocenters. The van der Waals surface area contributed by atoms with E-state index in [1.54, 1.807) is 0 Å². The van der Waals surface area contributed by atoms with E-state index in [2.05, 4.69) is 241 Å². The van der Waals surface area contributed by atoms with Crippen LogP contribution in [0.2, 0.25) is 0 Å². The number of benzene rings is 12. The average molecular weight is 840 g/mol. The van der Waals surface area contributed by atoms with E-state index in [-0.39, 0.29) is 0 Å². The van der Waals surface area contributed by atoms with Crippen LogP contribution in [0.4, 0.5) is 17.1 Å². The number of para-hydroxylation sites is 2. The molecule has 0 radical (unpaired) electrons. The van der Waals surface area contributed by atoms with Gasteiger partial charge in [0.05, 0.1) is 5.69 Å². The van der Waals surface area contributed by atoms with Gasteiger partial charge >= 0.3 is 0 Å². The zero-order chi connectivity index (χ0) is 43.6. The van der Waals surface area contributed by atoms with Crippen molar-refractivity contribution in [1.29, 1.82) is 0 Å². The summed E-state index contributed by atoms with van der Waals surface area (Å²) in [5.41, 5.74) is 14.4. The van der Waals surface area contributed by atoms with Crippen molar-refractivity contribution >= 4 is 82.1 Å². The van der Waals surface area contributed by atoms with Gasteiger partial charge in [0, 0.05) is 27.7 Å². The highest BCUT2D eigenvalue weighted by atomic mass is 16.3. The number of anilines is 3. The van der Waals surface area contributed by atoms with Crippen molar-refractivity contribution in [2.75, 3.05) is 4.90 Å². The average Bonchev–Trinajstić information content (AvgIpc) is 3.78. The number of furan rings is 1. The van der Waals surface area contributed by atoms with Gasteiger partial charge in [-0.25, -0.2) is 0 Å². The Hall–Kier alpha value is -8.72. The molecule has 0 fully saturated rings. The van der Waals surface area contributed by atoms with E-state index in [4.69, 9.17) is 4.42 Å². The van der Waals surface area contributed by atoms with Crippen molar-refractivity contribution in [2.24, 2.45) is 0 Å². The Morgan fingerprint density at radius 2 is 0.742 bits per heavy atom. The van der Waals surface area contributed by atoms with Crippen molar-refractivity contribution < 1.29 is 4.42 Å². The first-order valence-electron chi connectivity index (χ1n) is 22.7. The van der Waals surface area contributed by atoms with Gasteiger partial charge in [0.2, 0.25) is 0 Å². The standard InChI is InChI=1S/C64H41NO/c1-2-18-50-43(14-1)15-12-25-51(50)46-16-11-17-47(40-46)52-19-7-9-27-61(52)65(49-37-32-44(33-38-49)53-26-13-29-63-64(53)59-24-8-10-28-62(59)66-63)48-35-30-42(31-36-48)45-34-39-58-56-22-4-3-20-54(56)55-21-5-6-23-57(55)60(58)41-45/h1-41H. The highest BCUT2D eigenvalue weighted by molar-refractivity contribution is 6.25. The van der Waals surface area contributed by atoms with Crippen LogP contribution in [0, 0.1) is 0 Å². The lowest BCUT2D eigenvalue weighted by Crippen LogP contribution is -2.11. The lowest BCUT2D eigenvalue weighted by Gasteiger charge is -2.28. The minimum absolute atomic E-state index is 0.895. The molecule has 0 aliphatic heterocycles. The lowest BCUT2D eigenvalue weighted by molar-refractivity contribution is 0.669. The molecule has 0 bridgehead atoms. The van der Waals surface area contributed by atoms with Crippen LogP contribution in [-0.2, 0) is 0 Å². The Bertz CT molecular complexity index is 3950. The molecule has 0 aliphatic carbocycles. The Kier molecular flexibility index (Phi) is 8.89. The number of nitrogens with zero attached hydrogens (tertiary/aromatic N) is 1. The first-order valence-corrected chi connectivity index (χ1v) is 22.7. The number of hydrogen-bond donors (Lipinski definition) is 0. The Balaban J connectivity index is 0.946. The van der Waals surface area contributed by atoms with Crippen LogP contribution in [0.25, 0.3) is 110 Å². The van der Waals surface area contributed by atoms with Crippen molar-refractivity contribution in [2.45, 2.75) is 0 Å². The summed E-state index contributed by atoms with van der Waals surface area (Å²) in [7, 11) is 0. The van der Waals surface area contributed by atoms with Gasteiger partial charge in [-0.1, -0.05) is 194 Å². The summed E-state index contributed by atoms with van der Waals surface area (Å²) in [5.74, 6) is 0. The van der Waals surface area contributed by atoms with E-state index < -0.39 is 0 Å². The molecule has 2 heteroatoms. The zero-order valence-corrected chi connectivity index (χ0v) is 36.0. The fourth-order valence-corrected chi connectivity index (χ4v) is 10.4. The largest absolute Gasteiger partial charge is 0.456 e. The third-order valence-electron chi connectivity index (χ3n) is 13.5. The van der Waals surface area contributed by atoms with E-state index >= 15 is 0 Å². The zero-order valence-electron chi connectivity index (χ0n) is 36.0. The third-order valence-corrected chi connectivity index (χ3v) is 13.5. The second kappa shape index (κ2) is 15.5. The number of hydrogen-bond acceptors (Lipinski definition) is 2. The smallest absolute Gasteiger partial charge is 0.136 e. The van der Waals surface area contributed by atoms with Crippen LogP contribution >= 0.6 is 0 Å². The van der Waals surface area contributed by atoms with Crippen LogP contribution in [0.3, 0.4) is 0 Å². The fourth-order valence-electron chi connectivity index (χ4n) is 10.4. The topological polar surface area (TPSA) is 16.4 Å². The van der Waals surface area contributed by atoms with Crippen molar-refractivity contribution in [1.82, 2.24) is 0 Å². The number of rotatable bonds is 7. The lowest BCUT2D eigenvalue weighted by atomic mass is 9.92. The summed E-state index contributed by atoms with van der Waals surface area (Å²) in [6, 6.07) is 90.3. The van der Waals surface area contributed by atoms with Gasteiger partial charge in [-0.15, -0.1) is 0 Å². The van der Waals surface area contributed by atoms with E-state index in [0.717, 1.165) is 61.3 Å². The van der Waals surface area contributed by atoms with E-state index in [0.29, 0.717) is 0 Å². The van der Waals surface area contributed by atoms with Crippen molar-refractivity contribution in [3.05, 3.63) is 249 Å². The molecule has 13 aromatic rings. The van der Waals surface area contributed by atoms with Gasteiger partial charge in [-0.2, -0.15) is 0 Å². The first kappa shape index (κ1) is 37.8. The molecule has 0 atom stereocenters. The quantitative estimate of drug-likeness (QED) is 0.149. The van der Waals surface area contributed by atoms with Crippen LogP contribution in [0.15, 0.2) is 253 Å². The highest BCUT2D eigenvalue weighted by Crippen LogP contribution is 2.45. The van der Waals surface area contributed by atoms with E-state index in [1.165, 1.54) is 65.3 Å². The molecule has 0 amide bonds. The summed E-state index contributed by atoms with van der Waals surface area (Å²) < 4.78 is 6.30. The molecule has 1 heterocycles. The van der Waals surface area contributed by atoms with Crippen LogP contribution in [-0.4, -0.2) is 0 Å². The molecule has 13 rings (SSSR count). The Labute approximate surface area is 382 Å². The van der Waals surface area contributed by atoms with Gasteiger partial charge in [-0.05, 0) is 137 Å². The van der Waals surface area contributed by atoms with Gasteiger partial charge in [0.25, 0.3) is 0 Å². The predicted molar refractivity (Wildman–Crippen MR) is 280 cm³/mol. The third kappa shape index (κ3) is 6.26. The maximum atomic E-state index is 6.30. The maximum Gasteiger partial charge on any atom is 0.136 e. The molecule has 0 saturated heterocycles. The minimum Gasteiger partial charge on any atom is -0.456 e. The molecule has 66 heavy (non-hydrogen) atoms. The molecule has 308 valence electrons. The monoisotopic (exact) mass is 839 g/mol.